The van der Waals surface area contributed by atoms with Gasteiger partial charge in [-0.3, -0.25) is 4.79 Å². The molecule has 0 bridgehead atoms. The Balaban J connectivity index is 1.90. The van der Waals surface area contributed by atoms with E-state index in [0.717, 1.165) is 18.4 Å². The molecule has 0 spiro atoms. The van der Waals surface area contributed by atoms with Gasteiger partial charge >= 0.3 is 0 Å². The molecular formula is C14H15ClN4O. The largest absolute Gasteiger partial charge is 0.397 e. The van der Waals surface area contributed by atoms with Crippen LogP contribution in [-0.2, 0) is 0 Å². The SMILES string of the molecule is Cc1ccnc(Cl)c1NC(=O)c1cc(N)cn1C1CC1. The highest BCUT2D eigenvalue weighted by Crippen LogP contribution is 2.37. The van der Waals surface area contributed by atoms with Gasteiger partial charge in [0.25, 0.3) is 5.91 Å². The van der Waals surface area contributed by atoms with Gasteiger partial charge in [-0.25, -0.2) is 4.98 Å². The Morgan fingerprint density at radius 2 is 2.30 bits per heavy atom. The van der Waals surface area contributed by atoms with Crippen molar-refractivity contribution in [3.63, 3.8) is 0 Å². The van der Waals surface area contributed by atoms with Gasteiger partial charge < -0.3 is 15.6 Å². The van der Waals surface area contributed by atoms with Gasteiger partial charge in [-0.2, -0.15) is 0 Å². The Morgan fingerprint density at radius 3 is 2.95 bits per heavy atom. The van der Waals surface area contributed by atoms with E-state index in [2.05, 4.69) is 10.3 Å². The first-order valence-corrected chi connectivity index (χ1v) is 6.84. The van der Waals surface area contributed by atoms with Crippen LogP contribution in [0.5, 0.6) is 0 Å². The zero-order valence-electron chi connectivity index (χ0n) is 11.1. The number of nitrogens with zero attached hydrogens (tertiary/aromatic N) is 2. The predicted molar refractivity (Wildman–Crippen MR) is 79.1 cm³/mol. The van der Waals surface area contributed by atoms with Gasteiger partial charge in [0.05, 0.1) is 11.4 Å². The van der Waals surface area contributed by atoms with Crippen LogP contribution < -0.4 is 11.1 Å². The second-order valence-electron chi connectivity index (χ2n) is 5.04. The number of amides is 1. The van der Waals surface area contributed by atoms with Crippen molar-refractivity contribution in [1.29, 1.82) is 0 Å². The summed E-state index contributed by atoms with van der Waals surface area (Å²) in [5.41, 5.74) is 8.36. The standard InChI is InChI=1S/C14H15ClN4O/c1-8-4-5-17-13(15)12(8)18-14(20)11-6-9(16)7-19(11)10-2-3-10/h4-7,10H,2-3,16H2,1H3,(H,18,20). The third-order valence-electron chi connectivity index (χ3n) is 3.39. The molecule has 0 saturated heterocycles. The van der Waals surface area contributed by atoms with Crippen molar-refractivity contribution in [3.8, 4) is 0 Å². The Labute approximate surface area is 121 Å². The average molecular weight is 291 g/mol. The van der Waals surface area contributed by atoms with Gasteiger partial charge in [0.15, 0.2) is 5.15 Å². The summed E-state index contributed by atoms with van der Waals surface area (Å²) in [5, 5.41) is 3.11. The molecule has 1 amide bonds. The maximum absolute atomic E-state index is 12.4. The summed E-state index contributed by atoms with van der Waals surface area (Å²) < 4.78 is 1.93. The van der Waals surface area contributed by atoms with Crippen LogP contribution in [0.3, 0.4) is 0 Å². The van der Waals surface area contributed by atoms with Gasteiger partial charge in [0, 0.05) is 18.4 Å². The minimum absolute atomic E-state index is 0.216. The molecule has 0 unspecified atom stereocenters. The molecule has 1 aliphatic rings. The highest BCUT2D eigenvalue weighted by Gasteiger charge is 2.28. The fraction of sp³-hybridized carbons (Fsp3) is 0.286. The average Bonchev–Trinajstić information content (AvgIpc) is 3.17. The van der Waals surface area contributed by atoms with Crippen LogP contribution in [0.4, 0.5) is 11.4 Å². The van der Waals surface area contributed by atoms with Crippen molar-refractivity contribution in [2.75, 3.05) is 11.1 Å². The molecule has 1 fully saturated rings. The number of aromatic nitrogens is 2. The first-order chi connectivity index (χ1) is 9.56. The number of nitrogens with one attached hydrogen (secondary N) is 1. The number of halogens is 1. The summed E-state index contributed by atoms with van der Waals surface area (Å²) in [4.78, 5) is 16.4. The number of anilines is 2. The topological polar surface area (TPSA) is 72.9 Å². The molecule has 2 aromatic rings. The van der Waals surface area contributed by atoms with Crippen LogP contribution in [-0.4, -0.2) is 15.5 Å². The first kappa shape index (κ1) is 13.0. The summed E-state index contributed by atoms with van der Waals surface area (Å²) >= 11 is 6.02. The Morgan fingerprint density at radius 1 is 1.55 bits per heavy atom. The highest BCUT2D eigenvalue weighted by atomic mass is 35.5. The first-order valence-electron chi connectivity index (χ1n) is 6.46. The van der Waals surface area contributed by atoms with Crippen molar-refractivity contribution < 1.29 is 4.79 Å². The van der Waals surface area contributed by atoms with E-state index in [1.54, 1.807) is 18.3 Å². The molecule has 3 N–H and O–H groups in total. The second kappa shape index (κ2) is 4.83. The third kappa shape index (κ3) is 2.36. The molecule has 104 valence electrons. The van der Waals surface area contributed by atoms with Crippen molar-refractivity contribution >= 4 is 28.9 Å². The highest BCUT2D eigenvalue weighted by molar-refractivity contribution is 6.32. The quantitative estimate of drug-likeness (QED) is 0.854. The minimum atomic E-state index is -0.216. The Hall–Kier alpha value is -2.01. The van der Waals surface area contributed by atoms with E-state index in [-0.39, 0.29) is 11.1 Å². The lowest BCUT2D eigenvalue weighted by atomic mass is 10.2. The van der Waals surface area contributed by atoms with Crippen molar-refractivity contribution in [2.45, 2.75) is 25.8 Å². The number of aryl methyl sites for hydroxylation is 1. The lowest BCUT2D eigenvalue weighted by Crippen LogP contribution is -2.17. The maximum atomic E-state index is 12.4. The number of pyridine rings is 1. The van der Waals surface area contributed by atoms with Crippen LogP contribution >= 0.6 is 11.6 Å². The van der Waals surface area contributed by atoms with E-state index >= 15 is 0 Å². The number of nitrogens with two attached hydrogens (primary N) is 1. The van der Waals surface area contributed by atoms with Gasteiger partial charge in [-0.15, -0.1) is 0 Å². The number of hydrogen-bond acceptors (Lipinski definition) is 3. The van der Waals surface area contributed by atoms with Crippen molar-refractivity contribution in [1.82, 2.24) is 9.55 Å². The number of rotatable bonds is 3. The van der Waals surface area contributed by atoms with Crippen LogP contribution in [0.15, 0.2) is 24.5 Å². The van der Waals surface area contributed by atoms with Crippen LogP contribution in [0, 0.1) is 6.92 Å². The zero-order valence-corrected chi connectivity index (χ0v) is 11.8. The van der Waals surface area contributed by atoms with E-state index in [1.165, 1.54) is 0 Å². The number of carbonyl (C=O) groups excluding carboxylic acids is 1. The summed E-state index contributed by atoms with van der Waals surface area (Å²) in [5.74, 6) is -0.216. The molecule has 1 aliphatic carbocycles. The van der Waals surface area contributed by atoms with E-state index in [9.17, 15) is 4.79 Å². The normalized spacial score (nSPS) is 14.3. The Kier molecular flexibility index (Phi) is 3.14. The fourth-order valence-electron chi connectivity index (χ4n) is 2.19. The van der Waals surface area contributed by atoms with Crippen molar-refractivity contribution in [2.24, 2.45) is 0 Å². The molecule has 1 saturated carbocycles. The molecule has 2 aromatic heterocycles. The number of nitrogen functional groups attached to an aromatic ring is 1. The van der Waals surface area contributed by atoms with Gasteiger partial charge in [0.2, 0.25) is 0 Å². The molecule has 0 aliphatic heterocycles. The Bertz CT molecular complexity index is 656. The molecule has 5 nitrogen and oxygen atoms in total. The molecule has 0 aromatic carbocycles. The smallest absolute Gasteiger partial charge is 0.272 e. The van der Waals surface area contributed by atoms with Crippen LogP contribution in [0.1, 0.15) is 34.9 Å². The molecule has 0 atom stereocenters. The van der Waals surface area contributed by atoms with Crippen molar-refractivity contribution in [3.05, 3.63) is 40.9 Å². The van der Waals surface area contributed by atoms with E-state index in [0.29, 0.717) is 23.1 Å². The van der Waals surface area contributed by atoms with Crippen LogP contribution in [0.2, 0.25) is 5.15 Å². The van der Waals surface area contributed by atoms with Gasteiger partial charge in [-0.05, 0) is 37.5 Å². The van der Waals surface area contributed by atoms with E-state index < -0.39 is 0 Å². The molecule has 20 heavy (non-hydrogen) atoms. The third-order valence-corrected chi connectivity index (χ3v) is 3.68. The summed E-state index contributed by atoms with van der Waals surface area (Å²) in [6.45, 7) is 1.87. The molecule has 2 heterocycles. The van der Waals surface area contributed by atoms with Crippen LogP contribution in [0.25, 0.3) is 0 Å². The predicted octanol–water partition coefficient (Wildman–Crippen LogP) is 3.01. The molecular weight excluding hydrogens is 276 g/mol. The lowest BCUT2D eigenvalue weighted by Gasteiger charge is -2.11. The maximum Gasteiger partial charge on any atom is 0.272 e. The summed E-state index contributed by atoms with van der Waals surface area (Å²) in [7, 11) is 0. The summed E-state index contributed by atoms with van der Waals surface area (Å²) in [6, 6.07) is 3.88. The monoisotopic (exact) mass is 290 g/mol. The number of carbonyl (C=O) groups is 1. The lowest BCUT2D eigenvalue weighted by molar-refractivity contribution is 0.101. The zero-order chi connectivity index (χ0) is 14.3. The van der Waals surface area contributed by atoms with Gasteiger partial charge in [0.1, 0.15) is 5.69 Å². The molecule has 6 heteroatoms. The number of hydrogen-bond donors (Lipinski definition) is 2. The second-order valence-corrected chi connectivity index (χ2v) is 5.40. The fourth-order valence-corrected chi connectivity index (χ4v) is 2.44. The summed E-state index contributed by atoms with van der Waals surface area (Å²) in [6.07, 6.45) is 5.59. The van der Waals surface area contributed by atoms with E-state index in [1.807, 2.05) is 17.7 Å². The minimum Gasteiger partial charge on any atom is -0.397 e. The van der Waals surface area contributed by atoms with Gasteiger partial charge in [-0.1, -0.05) is 11.6 Å². The van der Waals surface area contributed by atoms with E-state index in [4.69, 9.17) is 17.3 Å². The molecule has 0 radical (unpaired) electrons. The molecule has 3 rings (SSSR count).